The number of benzene rings is 1. The van der Waals surface area contributed by atoms with Crippen LogP contribution in [0.2, 0.25) is 0 Å². The lowest BCUT2D eigenvalue weighted by atomic mass is 10.3. The van der Waals surface area contributed by atoms with Crippen molar-refractivity contribution in [3.8, 4) is 0 Å². The minimum Gasteiger partial charge on any atom is -0.329 e. The smallest absolute Gasteiger partial charge is 0.161 e. The fourth-order valence-corrected chi connectivity index (χ4v) is 1.64. The van der Waals surface area contributed by atoms with Crippen LogP contribution in [0.5, 0.6) is 0 Å². The molecule has 17 heavy (non-hydrogen) atoms. The highest BCUT2D eigenvalue weighted by molar-refractivity contribution is 5.75. The largest absolute Gasteiger partial charge is 0.329 e. The second-order valence-electron chi connectivity index (χ2n) is 3.69. The number of halogens is 2. The van der Waals surface area contributed by atoms with Gasteiger partial charge in [-0.1, -0.05) is 6.08 Å². The van der Waals surface area contributed by atoms with Crippen molar-refractivity contribution in [2.24, 2.45) is 0 Å². The summed E-state index contributed by atoms with van der Waals surface area (Å²) in [7, 11) is 0. The summed E-state index contributed by atoms with van der Waals surface area (Å²) in [4.78, 5) is 4.03. The molecule has 0 saturated carbocycles. The van der Waals surface area contributed by atoms with Crippen molar-refractivity contribution in [3.63, 3.8) is 0 Å². The molecule has 0 aliphatic rings. The Kier molecular flexibility index (Phi) is 3.49. The van der Waals surface area contributed by atoms with Gasteiger partial charge in [0.05, 0.1) is 17.4 Å². The molecule has 2 aromatic rings. The van der Waals surface area contributed by atoms with Gasteiger partial charge in [0.15, 0.2) is 11.6 Å². The lowest BCUT2D eigenvalue weighted by molar-refractivity contribution is 0.510. The number of imidazole rings is 1. The van der Waals surface area contributed by atoms with Crippen molar-refractivity contribution in [2.45, 2.75) is 6.54 Å². The van der Waals surface area contributed by atoms with E-state index >= 15 is 0 Å². The molecule has 0 radical (unpaired) electrons. The van der Waals surface area contributed by atoms with Crippen molar-refractivity contribution in [2.75, 3.05) is 13.1 Å². The summed E-state index contributed by atoms with van der Waals surface area (Å²) in [6.45, 7) is 5.68. The van der Waals surface area contributed by atoms with Gasteiger partial charge in [-0.15, -0.1) is 6.58 Å². The van der Waals surface area contributed by atoms with Gasteiger partial charge < -0.3 is 9.88 Å². The molecule has 0 saturated heterocycles. The molecule has 0 aliphatic carbocycles. The fraction of sp³-hybridized carbons (Fsp3) is 0.250. The standard InChI is InChI=1S/C12H13F2N3/c1-2-3-15-4-5-17-8-16-11-6-9(13)10(14)7-12(11)17/h2,6-8,15H,1,3-5H2. The Morgan fingerprint density at radius 3 is 2.88 bits per heavy atom. The highest BCUT2D eigenvalue weighted by Gasteiger charge is 2.08. The van der Waals surface area contributed by atoms with Crippen molar-refractivity contribution < 1.29 is 8.78 Å². The average Bonchev–Trinajstić information content (AvgIpc) is 2.68. The van der Waals surface area contributed by atoms with Crippen LogP contribution in [0.1, 0.15) is 0 Å². The van der Waals surface area contributed by atoms with Gasteiger partial charge >= 0.3 is 0 Å². The molecule has 0 spiro atoms. The lowest BCUT2D eigenvalue weighted by Crippen LogP contribution is -2.19. The quantitative estimate of drug-likeness (QED) is 0.637. The van der Waals surface area contributed by atoms with Crippen LogP contribution in [0.15, 0.2) is 31.1 Å². The molecular formula is C12H13F2N3. The minimum absolute atomic E-state index is 0.465. The van der Waals surface area contributed by atoms with Crippen LogP contribution in [0.3, 0.4) is 0 Å². The van der Waals surface area contributed by atoms with Gasteiger partial charge in [-0.05, 0) is 0 Å². The van der Waals surface area contributed by atoms with Gasteiger partial charge in [0, 0.05) is 31.8 Å². The first-order valence-electron chi connectivity index (χ1n) is 5.34. The second-order valence-corrected chi connectivity index (χ2v) is 3.69. The summed E-state index contributed by atoms with van der Waals surface area (Å²) in [5.41, 5.74) is 1.07. The number of hydrogen-bond acceptors (Lipinski definition) is 2. The summed E-state index contributed by atoms with van der Waals surface area (Å²) in [5.74, 6) is -1.72. The summed E-state index contributed by atoms with van der Waals surface area (Å²) in [6.07, 6.45) is 3.35. The first-order valence-corrected chi connectivity index (χ1v) is 5.34. The van der Waals surface area contributed by atoms with E-state index in [4.69, 9.17) is 0 Å². The predicted molar refractivity (Wildman–Crippen MR) is 62.7 cm³/mol. The third kappa shape index (κ3) is 2.50. The summed E-state index contributed by atoms with van der Waals surface area (Å²) in [5, 5.41) is 3.13. The molecule has 0 atom stereocenters. The molecule has 1 heterocycles. The topological polar surface area (TPSA) is 29.9 Å². The zero-order chi connectivity index (χ0) is 12.3. The Bertz CT molecular complexity index is 534. The van der Waals surface area contributed by atoms with Crippen LogP contribution >= 0.6 is 0 Å². The molecule has 1 N–H and O–H groups in total. The first kappa shape index (κ1) is 11.7. The highest BCUT2D eigenvalue weighted by Crippen LogP contribution is 2.17. The number of rotatable bonds is 5. The van der Waals surface area contributed by atoms with Crippen LogP contribution in [0.25, 0.3) is 11.0 Å². The zero-order valence-electron chi connectivity index (χ0n) is 9.29. The lowest BCUT2D eigenvalue weighted by Gasteiger charge is -2.04. The molecule has 0 aliphatic heterocycles. The van der Waals surface area contributed by atoms with E-state index in [2.05, 4.69) is 16.9 Å². The van der Waals surface area contributed by atoms with E-state index in [1.54, 1.807) is 17.0 Å². The summed E-state index contributed by atoms with van der Waals surface area (Å²) >= 11 is 0. The maximum Gasteiger partial charge on any atom is 0.161 e. The van der Waals surface area contributed by atoms with Gasteiger partial charge in [0.2, 0.25) is 0 Å². The Balaban J connectivity index is 2.18. The van der Waals surface area contributed by atoms with Gasteiger partial charge in [0.25, 0.3) is 0 Å². The average molecular weight is 237 g/mol. The van der Waals surface area contributed by atoms with Crippen LogP contribution < -0.4 is 5.32 Å². The van der Waals surface area contributed by atoms with Crippen LogP contribution in [-0.2, 0) is 6.54 Å². The van der Waals surface area contributed by atoms with Gasteiger partial charge in [0.1, 0.15) is 0 Å². The van der Waals surface area contributed by atoms with E-state index in [9.17, 15) is 8.78 Å². The van der Waals surface area contributed by atoms with E-state index in [0.717, 1.165) is 19.2 Å². The minimum atomic E-state index is -0.868. The van der Waals surface area contributed by atoms with E-state index < -0.39 is 11.6 Å². The van der Waals surface area contributed by atoms with Crippen LogP contribution in [-0.4, -0.2) is 22.6 Å². The molecule has 1 aromatic heterocycles. The molecular weight excluding hydrogens is 224 g/mol. The van der Waals surface area contributed by atoms with Crippen molar-refractivity contribution in [3.05, 3.63) is 42.7 Å². The maximum absolute atomic E-state index is 13.1. The third-order valence-corrected chi connectivity index (χ3v) is 2.48. The first-order chi connectivity index (χ1) is 8.22. The van der Waals surface area contributed by atoms with Gasteiger partial charge in [-0.2, -0.15) is 0 Å². The molecule has 2 rings (SSSR count). The summed E-state index contributed by atoms with van der Waals surface area (Å²) < 4.78 is 27.9. The van der Waals surface area contributed by atoms with Crippen molar-refractivity contribution >= 4 is 11.0 Å². The monoisotopic (exact) mass is 237 g/mol. The number of nitrogens with zero attached hydrogens (tertiary/aromatic N) is 2. The van der Waals surface area contributed by atoms with Gasteiger partial charge in [-0.25, -0.2) is 13.8 Å². The third-order valence-electron chi connectivity index (χ3n) is 2.48. The predicted octanol–water partition coefficient (Wildman–Crippen LogP) is 2.09. The van der Waals surface area contributed by atoms with Crippen molar-refractivity contribution in [1.82, 2.24) is 14.9 Å². The molecule has 0 amide bonds. The highest BCUT2D eigenvalue weighted by atomic mass is 19.2. The molecule has 0 fully saturated rings. The molecule has 3 nitrogen and oxygen atoms in total. The SMILES string of the molecule is C=CCNCCn1cnc2cc(F)c(F)cc21. The Hall–Kier alpha value is -1.75. The number of aromatic nitrogens is 2. The molecule has 0 bridgehead atoms. The molecule has 5 heteroatoms. The van der Waals surface area contributed by atoms with Crippen LogP contribution in [0, 0.1) is 11.6 Å². The van der Waals surface area contributed by atoms with Crippen LogP contribution in [0.4, 0.5) is 8.78 Å². The van der Waals surface area contributed by atoms with E-state index in [1.807, 2.05) is 0 Å². The number of hydrogen-bond donors (Lipinski definition) is 1. The fourth-order valence-electron chi connectivity index (χ4n) is 1.64. The van der Waals surface area contributed by atoms with E-state index in [1.165, 1.54) is 6.07 Å². The Morgan fingerprint density at radius 2 is 2.12 bits per heavy atom. The van der Waals surface area contributed by atoms with Crippen molar-refractivity contribution in [1.29, 1.82) is 0 Å². The zero-order valence-corrected chi connectivity index (χ0v) is 9.29. The number of fused-ring (bicyclic) bond motifs is 1. The molecule has 0 unspecified atom stereocenters. The second kappa shape index (κ2) is 5.05. The molecule has 1 aromatic carbocycles. The Morgan fingerprint density at radius 1 is 1.35 bits per heavy atom. The number of nitrogens with one attached hydrogen (secondary N) is 1. The summed E-state index contributed by atoms with van der Waals surface area (Å²) in [6, 6.07) is 2.28. The molecule has 90 valence electrons. The normalized spacial score (nSPS) is 10.9. The maximum atomic E-state index is 13.1. The van der Waals surface area contributed by atoms with E-state index in [-0.39, 0.29) is 0 Å². The Labute approximate surface area is 97.8 Å². The van der Waals surface area contributed by atoms with E-state index in [0.29, 0.717) is 17.6 Å². The van der Waals surface area contributed by atoms with Gasteiger partial charge in [-0.3, -0.25) is 0 Å².